The Morgan fingerprint density at radius 1 is 1.14 bits per heavy atom. The summed E-state index contributed by atoms with van der Waals surface area (Å²) in [5.74, 6) is 0. The zero-order valence-corrected chi connectivity index (χ0v) is 13.8. The smallest absolute Gasteiger partial charge is 0.225 e. The van der Waals surface area contributed by atoms with E-state index in [-0.39, 0.29) is 4.90 Å². The van der Waals surface area contributed by atoms with Gasteiger partial charge in [-0.3, -0.25) is 0 Å². The molecule has 4 heteroatoms. The van der Waals surface area contributed by atoms with Crippen LogP contribution in [0.4, 0.5) is 0 Å². The van der Waals surface area contributed by atoms with E-state index in [0.29, 0.717) is 17.6 Å². The zero-order valence-electron chi connectivity index (χ0n) is 13.0. The highest BCUT2D eigenvalue weighted by Gasteiger charge is 2.22. The maximum atomic E-state index is 12.2. The Morgan fingerprint density at radius 2 is 1.77 bits per heavy atom. The third-order valence-electron chi connectivity index (χ3n) is 3.55. The van der Waals surface area contributed by atoms with E-state index in [9.17, 15) is 8.42 Å². The standard InChI is InChI=1S/C18H21NO2S/c1-4-8-15-11-12-16(14-9-6-5-7-10-14)17(13(2)3)18(15)22(19,20)21/h5-7,9-12H,2,4,8H2,1,3H3,(H2,19,20,21). The lowest BCUT2D eigenvalue weighted by Gasteiger charge is -2.18. The van der Waals surface area contributed by atoms with Crippen molar-refractivity contribution >= 4 is 15.6 Å². The molecular weight excluding hydrogens is 294 g/mol. The van der Waals surface area contributed by atoms with Gasteiger partial charge in [0.15, 0.2) is 0 Å². The number of nitrogens with two attached hydrogens (primary N) is 1. The van der Waals surface area contributed by atoms with E-state index in [1.165, 1.54) is 0 Å². The maximum absolute atomic E-state index is 12.2. The average Bonchev–Trinajstić information content (AvgIpc) is 2.46. The summed E-state index contributed by atoms with van der Waals surface area (Å²) in [5.41, 5.74) is 3.87. The first-order chi connectivity index (χ1) is 10.4. The van der Waals surface area contributed by atoms with E-state index in [4.69, 9.17) is 5.14 Å². The molecule has 3 nitrogen and oxygen atoms in total. The first-order valence-corrected chi connectivity index (χ1v) is 8.81. The molecule has 0 saturated heterocycles. The molecular formula is C18H21NO2S. The molecule has 116 valence electrons. The van der Waals surface area contributed by atoms with Crippen LogP contribution < -0.4 is 5.14 Å². The van der Waals surface area contributed by atoms with Crippen LogP contribution in [0.15, 0.2) is 53.9 Å². The SMILES string of the molecule is C=C(C)c1c(-c2ccccc2)ccc(CCC)c1S(N)(=O)=O. The quantitative estimate of drug-likeness (QED) is 0.907. The molecule has 0 radical (unpaired) electrons. The molecule has 0 bridgehead atoms. The predicted molar refractivity (Wildman–Crippen MR) is 92.0 cm³/mol. The molecule has 2 aromatic rings. The lowest BCUT2D eigenvalue weighted by Crippen LogP contribution is -2.17. The van der Waals surface area contributed by atoms with Crippen LogP contribution >= 0.6 is 0 Å². The van der Waals surface area contributed by atoms with Crippen molar-refractivity contribution in [2.45, 2.75) is 31.6 Å². The van der Waals surface area contributed by atoms with Gasteiger partial charge in [0.1, 0.15) is 0 Å². The molecule has 0 aromatic heterocycles. The highest BCUT2D eigenvalue weighted by Crippen LogP contribution is 2.35. The summed E-state index contributed by atoms with van der Waals surface area (Å²) in [7, 11) is -3.82. The first-order valence-electron chi connectivity index (χ1n) is 7.26. The lowest BCUT2D eigenvalue weighted by molar-refractivity contribution is 0.596. The first kappa shape index (κ1) is 16.5. The fourth-order valence-corrected chi connectivity index (χ4v) is 3.80. The Balaban J connectivity index is 2.86. The number of sulfonamides is 1. The minimum atomic E-state index is -3.82. The van der Waals surface area contributed by atoms with Crippen LogP contribution in [0.2, 0.25) is 0 Å². The van der Waals surface area contributed by atoms with Crippen LogP contribution in [-0.2, 0) is 16.4 Å². The summed E-state index contributed by atoms with van der Waals surface area (Å²) in [6.45, 7) is 7.79. The molecule has 0 saturated carbocycles. The lowest BCUT2D eigenvalue weighted by atomic mass is 9.92. The van der Waals surface area contributed by atoms with E-state index in [1.807, 2.05) is 56.3 Å². The van der Waals surface area contributed by atoms with E-state index in [0.717, 1.165) is 23.1 Å². The highest BCUT2D eigenvalue weighted by molar-refractivity contribution is 7.89. The monoisotopic (exact) mass is 315 g/mol. The van der Waals surface area contributed by atoms with Crippen LogP contribution in [0, 0.1) is 0 Å². The molecule has 0 aliphatic heterocycles. The van der Waals surface area contributed by atoms with Crippen molar-refractivity contribution < 1.29 is 8.42 Å². The van der Waals surface area contributed by atoms with Crippen LogP contribution in [0.5, 0.6) is 0 Å². The molecule has 2 aromatic carbocycles. The second-order valence-electron chi connectivity index (χ2n) is 5.42. The van der Waals surface area contributed by atoms with Gasteiger partial charge < -0.3 is 0 Å². The molecule has 0 unspecified atom stereocenters. The van der Waals surface area contributed by atoms with Crippen molar-refractivity contribution in [3.8, 4) is 11.1 Å². The Morgan fingerprint density at radius 3 is 2.27 bits per heavy atom. The fourth-order valence-electron chi connectivity index (χ4n) is 2.70. The summed E-state index contributed by atoms with van der Waals surface area (Å²) < 4.78 is 24.3. The summed E-state index contributed by atoms with van der Waals surface area (Å²) in [6.07, 6.45) is 1.52. The third-order valence-corrected chi connectivity index (χ3v) is 4.59. The highest BCUT2D eigenvalue weighted by atomic mass is 32.2. The predicted octanol–water partition coefficient (Wildman–Crippen LogP) is 3.99. The molecule has 22 heavy (non-hydrogen) atoms. The fraction of sp³-hybridized carbons (Fsp3) is 0.222. The molecule has 2 rings (SSSR count). The van der Waals surface area contributed by atoms with Gasteiger partial charge in [0.25, 0.3) is 0 Å². The van der Waals surface area contributed by atoms with Gasteiger partial charge in [-0.1, -0.05) is 62.4 Å². The molecule has 0 aliphatic rings. The summed E-state index contributed by atoms with van der Waals surface area (Å²) >= 11 is 0. The van der Waals surface area contributed by atoms with Gasteiger partial charge in [-0.15, -0.1) is 0 Å². The molecule has 0 aliphatic carbocycles. The van der Waals surface area contributed by atoms with Crippen LogP contribution in [0.3, 0.4) is 0 Å². The van der Waals surface area contributed by atoms with Gasteiger partial charge in [0.05, 0.1) is 4.90 Å². The maximum Gasteiger partial charge on any atom is 0.238 e. The molecule has 0 spiro atoms. The number of primary sulfonamides is 1. The third kappa shape index (κ3) is 3.29. The minimum absolute atomic E-state index is 0.211. The molecule has 2 N–H and O–H groups in total. The Hall–Kier alpha value is -1.91. The van der Waals surface area contributed by atoms with Gasteiger partial charge in [-0.05, 0) is 35.6 Å². The van der Waals surface area contributed by atoms with Gasteiger partial charge >= 0.3 is 0 Å². The number of rotatable bonds is 5. The van der Waals surface area contributed by atoms with Gasteiger partial charge in [-0.25, -0.2) is 13.6 Å². The Bertz CT molecular complexity index is 793. The van der Waals surface area contributed by atoms with Crippen molar-refractivity contribution in [2.24, 2.45) is 5.14 Å². The molecule has 0 heterocycles. The number of aryl methyl sites for hydroxylation is 1. The molecule has 0 amide bonds. The molecule has 0 atom stereocenters. The van der Waals surface area contributed by atoms with E-state index in [2.05, 4.69) is 6.58 Å². The van der Waals surface area contributed by atoms with Crippen molar-refractivity contribution in [1.82, 2.24) is 0 Å². The van der Waals surface area contributed by atoms with E-state index < -0.39 is 10.0 Å². The number of hydrogen-bond acceptors (Lipinski definition) is 2. The summed E-state index contributed by atoms with van der Waals surface area (Å²) in [6, 6.07) is 13.5. The van der Waals surface area contributed by atoms with Gasteiger partial charge in [-0.2, -0.15) is 0 Å². The number of allylic oxidation sites excluding steroid dienone is 1. The van der Waals surface area contributed by atoms with Gasteiger partial charge in [0.2, 0.25) is 10.0 Å². The minimum Gasteiger partial charge on any atom is -0.225 e. The van der Waals surface area contributed by atoms with Crippen molar-refractivity contribution in [1.29, 1.82) is 0 Å². The van der Waals surface area contributed by atoms with Crippen LogP contribution in [0.25, 0.3) is 16.7 Å². The van der Waals surface area contributed by atoms with Gasteiger partial charge in [0, 0.05) is 5.56 Å². The zero-order chi connectivity index (χ0) is 16.3. The number of benzene rings is 2. The molecule has 0 fully saturated rings. The summed E-state index contributed by atoms with van der Waals surface area (Å²) in [4.78, 5) is 0.211. The van der Waals surface area contributed by atoms with Crippen LogP contribution in [-0.4, -0.2) is 8.42 Å². The normalized spacial score (nSPS) is 11.4. The number of hydrogen-bond donors (Lipinski definition) is 1. The summed E-state index contributed by atoms with van der Waals surface area (Å²) in [5, 5.41) is 5.50. The van der Waals surface area contributed by atoms with Crippen LogP contribution in [0.1, 0.15) is 31.4 Å². The second kappa shape index (κ2) is 6.46. The second-order valence-corrected chi connectivity index (χ2v) is 6.92. The van der Waals surface area contributed by atoms with E-state index in [1.54, 1.807) is 0 Å². The Labute approximate surface area is 132 Å². The van der Waals surface area contributed by atoms with Crippen molar-refractivity contribution in [3.63, 3.8) is 0 Å². The van der Waals surface area contributed by atoms with Crippen molar-refractivity contribution in [3.05, 3.63) is 60.2 Å². The Kier molecular flexibility index (Phi) is 4.84. The van der Waals surface area contributed by atoms with E-state index >= 15 is 0 Å². The largest absolute Gasteiger partial charge is 0.238 e. The topological polar surface area (TPSA) is 60.2 Å². The average molecular weight is 315 g/mol. The van der Waals surface area contributed by atoms with Crippen molar-refractivity contribution in [2.75, 3.05) is 0 Å².